The summed E-state index contributed by atoms with van der Waals surface area (Å²) in [5, 5.41) is 11.8. The summed E-state index contributed by atoms with van der Waals surface area (Å²) < 4.78 is 42.0. The van der Waals surface area contributed by atoms with Crippen molar-refractivity contribution < 1.29 is 32.6 Å². The highest BCUT2D eigenvalue weighted by molar-refractivity contribution is 6.03. The first-order valence-corrected chi connectivity index (χ1v) is 9.88. The van der Waals surface area contributed by atoms with E-state index < -0.39 is 30.8 Å². The van der Waals surface area contributed by atoms with E-state index in [2.05, 4.69) is 15.3 Å². The molecule has 172 valence electrons. The fraction of sp³-hybridized carbons (Fsp3) is 0.429. The Kier molecular flexibility index (Phi) is 6.68. The van der Waals surface area contributed by atoms with E-state index in [0.717, 1.165) is 0 Å². The van der Waals surface area contributed by atoms with Crippen LogP contribution >= 0.6 is 0 Å². The Balaban J connectivity index is 1.80. The van der Waals surface area contributed by atoms with Gasteiger partial charge in [-0.05, 0) is 38.5 Å². The van der Waals surface area contributed by atoms with Crippen LogP contribution in [0.25, 0.3) is 0 Å². The molecule has 2 unspecified atom stereocenters. The summed E-state index contributed by atoms with van der Waals surface area (Å²) in [6, 6.07) is 2.11. The van der Waals surface area contributed by atoms with Gasteiger partial charge in [0, 0.05) is 29.9 Å². The number of nitrogens with zero attached hydrogens (tertiary/aromatic N) is 3. The summed E-state index contributed by atoms with van der Waals surface area (Å²) in [4.78, 5) is 35.3. The van der Waals surface area contributed by atoms with Gasteiger partial charge in [-0.25, -0.2) is 0 Å². The van der Waals surface area contributed by atoms with Gasteiger partial charge in [0.05, 0.1) is 24.5 Å². The summed E-state index contributed by atoms with van der Waals surface area (Å²) >= 11 is 0. The average molecular weight is 452 g/mol. The fourth-order valence-corrected chi connectivity index (χ4v) is 3.36. The quantitative estimate of drug-likeness (QED) is 0.669. The van der Waals surface area contributed by atoms with Crippen LogP contribution in [0.5, 0.6) is 5.75 Å². The molecule has 2 aromatic heterocycles. The predicted octanol–water partition coefficient (Wildman–Crippen LogP) is 2.55. The van der Waals surface area contributed by atoms with Crippen molar-refractivity contribution in [3.05, 3.63) is 52.6 Å². The SMILES string of the molecule is Cc1cc(C(C)N2Cc3c(ccnc3C(=O)NC(C)CO)C2=O)ncc1OCC(F)(F)F. The molecule has 0 radical (unpaired) electrons. The number of rotatable bonds is 7. The number of carbonyl (C=O) groups is 2. The first-order chi connectivity index (χ1) is 15.0. The van der Waals surface area contributed by atoms with Crippen molar-refractivity contribution in [3.8, 4) is 5.75 Å². The zero-order valence-corrected chi connectivity index (χ0v) is 17.7. The highest BCUT2D eigenvalue weighted by atomic mass is 19.4. The zero-order valence-electron chi connectivity index (χ0n) is 17.7. The number of hydrogen-bond acceptors (Lipinski definition) is 6. The molecule has 2 aromatic rings. The molecule has 0 spiro atoms. The van der Waals surface area contributed by atoms with Crippen LogP contribution < -0.4 is 10.1 Å². The van der Waals surface area contributed by atoms with Crippen LogP contribution in [-0.2, 0) is 6.54 Å². The summed E-state index contributed by atoms with van der Waals surface area (Å²) in [5.41, 5.74) is 1.83. The van der Waals surface area contributed by atoms with Crippen molar-refractivity contribution in [1.82, 2.24) is 20.2 Å². The van der Waals surface area contributed by atoms with Crippen LogP contribution in [0.15, 0.2) is 24.5 Å². The lowest BCUT2D eigenvalue weighted by molar-refractivity contribution is -0.153. The van der Waals surface area contributed by atoms with Crippen LogP contribution in [0, 0.1) is 6.92 Å². The topological polar surface area (TPSA) is 105 Å². The lowest BCUT2D eigenvalue weighted by atomic mass is 10.1. The monoisotopic (exact) mass is 452 g/mol. The number of halogens is 3. The van der Waals surface area contributed by atoms with Crippen LogP contribution in [0.1, 0.15) is 57.6 Å². The molecule has 0 bridgehead atoms. The Hall–Kier alpha value is -3.21. The molecular formula is C21H23F3N4O4. The van der Waals surface area contributed by atoms with Gasteiger partial charge in [-0.15, -0.1) is 0 Å². The number of aromatic nitrogens is 2. The van der Waals surface area contributed by atoms with Crippen molar-refractivity contribution in [1.29, 1.82) is 0 Å². The Labute approximate surface area is 182 Å². The Morgan fingerprint density at radius 2 is 2.06 bits per heavy atom. The minimum atomic E-state index is -4.46. The largest absolute Gasteiger partial charge is 0.482 e. The van der Waals surface area contributed by atoms with Crippen molar-refractivity contribution in [3.63, 3.8) is 0 Å². The molecule has 32 heavy (non-hydrogen) atoms. The molecule has 2 amide bonds. The maximum atomic E-state index is 13.0. The molecule has 0 saturated carbocycles. The second-order valence-corrected chi connectivity index (χ2v) is 7.63. The first kappa shape index (κ1) is 23.5. The first-order valence-electron chi connectivity index (χ1n) is 9.88. The predicted molar refractivity (Wildman–Crippen MR) is 107 cm³/mol. The Morgan fingerprint density at radius 1 is 1.34 bits per heavy atom. The third-order valence-electron chi connectivity index (χ3n) is 5.11. The van der Waals surface area contributed by atoms with Crippen molar-refractivity contribution >= 4 is 11.8 Å². The smallest absolute Gasteiger partial charge is 0.422 e. The van der Waals surface area contributed by atoms with Crippen LogP contribution in [0.3, 0.4) is 0 Å². The van der Waals surface area contributed by atoms with Crippen molar-refractivity contribution in [2.24, 2.45) is 0 Å². The lowest BCUT2D eigenvalue weighted by Gasteiger charge is -2.24. The van der Waals surface area contributed by atoms with Gasteiger partial charge >= 0.3 is 6.18 Å². The van der Waals surface area contributed by atoms with E-state index in [9.17, 15) is 22.8 Å². The molecule has 11 heteroatoms. The highest BCUT2D eigenvalue weighted by Crippen LogP contribution is 2.33. The van der Waals surface area contributed by atoms with Crippen molar-refractivity contribution in [2.75, 3.05) is 13.2 Å². The van der Waals surface area contributed by atoms with Gasteiger partial charge < -0.3 is 20.1 Å². The van der Waals surface area contributed by atoms with Crippen LogP contribution in [0.2, 0.25) is 0 Å². The lowest BCUT2D eigenvalue weighted by Crippen LogP contribution is -2.36. The number of alkyl halides is 3. The fourth-order valence-electron chi connectivity index (χ4n) is 3.36. The number of ether oxygens (including phenoxy) is 1. The molecule has 0 fully saturated rings. The minimum absolute atomic E-state index is 0.00969. The Bertz CT molecular complexity index is 1030. The van der Waals surface area contributed by atoms with Gasteiger partial charge in [0.15, 0.2) is 6.61 Å². The molecule has 0 aromatic carbocycles. The number of fused-ring (bicyclic) bond motifs is 1. The van der Waals surface area contributed by atoms with Crippen molar-refractivity contribution in [2.45, 2.75) is 45.6 Å². The second kappa shape index (κ2) is 9.11. The summed E-state index contributed by atoms with van der Waals surface area (Å²) in [6.45, 7) is 3.43. The zero-order chi connectivity index (χ0) is 23.6. The van der Waals surface area contributed by atoms with Gasteiger partial charge in [-0.1, -0.05) is 0 Å². The summed E-state index contributed by atoms with van der Waals surface area (Å²) in [6.07, 6.45) is -1.88. The number of aliphatic hydroxyl groups excluding tert-OH is 1. The molecule has 3 rings (SSSR count). The number of amides is 2. The highest BCUT2D eigenvalue weighted by Gasteiger charge is 2.35. The molecule has 1 aliphatic heterocycles. The number of hydrogen-bond donors (Lipinski definition) is 2. The third-order valence-corrected chi connectivity index (χ3v) is 5.11. The van der Waals surface area contributed by atoms with E-state index in [-0.39, 0.29) is 30.5 Å². The molecule has 0 aliphatic carbocycles. The van der Waals surface area contributed by atoms with E-state index in [0.29, 0.717) is 22.4 Å². The van der Waals surface area contributed by atoms with E-state index in [1.165, 1.54) is 23.4 Å². The number of nitrogens with one attached hydrogen (secondary N) is 1. The molecule has 8 nitrogen and oxygen atoms in total. The van der Waals surface area contributed by atoms with E-state index in [4.69, 9.17) is 9.84 Å². The number of pyridine rings is 2. The average Bonchev–Trinajstić information content (AvgIpc) is 3.08. The van der Waals surface area contributed by atoms with Crippen LogP contribution in [-0.4, -0.2) is 57.2 Å². The van der Waals surface area contributed by atoms with E-state index >= 15 is 0 Å². The van der Waals surface area contributed by atoms with Gasteiger partial charge in [0.25, 0.3) is 11.8 Å². The molecule has 0 saturated heterocycles. The maximum Gasteiger partial charge on any atom is 0.422 e. The van der Waals surface area contributed by atoms with E-state index in [1.807, 2.05) is 0 Å². The normalized spacial score (nSPS) is 15.3. The van der Waals surface area contributed by atoms with Gasteiger partial charge in [0.2, 0.25) is 0 Å². The van der Waals surface area contributed by atoms with Crippen LogP contribution in [0.4, 0.5) is 13.2 Å². The van der Waals surface area contributed by atoms with Gasteiger partial charge in [-0.2, -0.15) is 13.2 Å². The minimum Gasteiger partial charge on any atom is -0.482 e. The second-order valence-electron chi connectivity index (χ2n) is 7.63. The number of carbonyl (C=O) groups excluding carboxylic acids is 2. The summed E-state index contributed by atoms with van der Waals surface area (Å²) in [7, 11) is 0. The van der Waals surface area contributed by atoms with E-state index in [1.54, 1.807) is 26.8 Å². The summed E-state index contributed by atoms with van der Waals surface area (Å²) in [5.74, 6) is -0.794. The number of aryl methyl sites for hydroxylation is 1. The maximum absolute atomic E-state index is 13.0. The Morgan fingerprint density at radius 3 is 2.69 bits per heavy atom. The number of aliphatic hydroxyl groups is 1. The van der Waals surface area contributed by atoms with Gasteiger partial charge in [-0.3, -0.25) is 19.6 Å². The standard InChI is InChI=1S/C21H23F3N4O4/c1-11-6-16(26-7-17(11)32-10-21(22,23)24)13(3)28-8-15-14(20(28)31)4-5-25-18(15)19(30)27-12(2)9-29/h4-7,12-13,29H,8-10H2,1-3H3,(H,27,30). The molecule has 2 atom stereocenters. The third kappa shape index (κ3) is 4.98. The molecule has 2 N–H and O–H groups in total. The van der Waals surface area contributed by atoms with Gasteiger partial charge in [0.1, 0.15) is 11.4 Å². The molecular weight excluding hydrogens is 429 g/mol. The molecule has 3 heterocycles. The molecule has 1 aliphatic rings.